The number of nitrogens with one attached hydrogen (secondary N) is 1. The molecule has 2 amide bonds. The van der Waals surface area contributed by atoms with Gasteiger partial charge in [0.2, 0.25) is 5.91 Å². The molecule has 1 aliphatic heterocycles. The van der Waals surface area contributed by atoms with Crippen molar-refractivity contribution in [2.45, 2.75) is 38.8 Å². The number of rotatable bonds is 6. The minimum absolute atomic E-state index is 0.0402. The van der Waals surface area contributed by atoms with Crippen molar-refractivity contribution in [3.8, 4) is 5.75 Å². The minimum atomic E-state index is -0.378. The van der Waals surface area contributed by atoms with Crippen LogP contribution in [-0.2, 0) is 29.0 Å². The fraction of sp³-hybridized carbons (Fsp3) is 0.389. The lowest BCUT2D eigenvalue weighted by Gasteiger charge is -2.24. The van der Waals surface area contributed by atoms with Crippen LogP contribution in [0.3, 0.4) is 0 Å². The molecule has 2 heterocycles. The van der Waals surface area contributed by atoms with Gasteiger partial charge in [-0.25, -0.2) is 4.98 Å². The molecule has 0 spiro atoms. The van der Waals surface area contributed by atoms with E-state index in [1.54, 1.807) is 24.3 Å². The largest absolute Gasteiger partial charge is 0.484 e. The Morgan fingerprint density at radius 2 is 2.12 bits per heavy atom. The highest BCUT2D eigenvalue weighted by molar-refractivity contribution is 5.78. The summed E-state index contributed by atoms with van der Waals surface area (Å²) >= 11 is 0. The van der Waals surface area contributed by atoms with E-state index in [4.69, 9.17) is 10.5 Å². The van der Waals surface area contributed by atoms with Gasteiger partial charge in [0.25, 0.3) is 5.91 Å². The van der Waals surface area contributed by atoms with Gasteiger partial charge < -0.3 is 20.4 Å². The maximum absolute atomic E-state index is 12.1. The van der Waals surface area contributed by atoms with Crippen molar-refractivity contribution in [2.75, 3.05) is 6.61 Å². The molecular formula is C18H22N4O3. The van der Waals surface area contributed by atoms with Crippen LogP contribution in [-0.4, -0.2) is 34.0 Å². The van der Waals surface area contributed by atoms with Crippen LogP contribution < -0.4 is 15.8 Å². The number of carbonyl (C=O) groups is 2. The molecule has 0 saturated heterocycles. The molecule has 1 aromatic heterocycles. The second kappa shape index (κ2) is 7.38. The Morgan fingerprint density at radius 1 is 1.36 bits per heavy atom. The van der Waals surface area contributed by atoms with Crippen LogP contribution in [0.25, 0.3) is 0 Å². The lowest BCUT2D eigenvalue weighted by atomic mass is 10.1. The molecule has 3 N–H and O–H groups in total. The molecule has 25 heavy (non-hydrogen) atoms. The van der Waals surface area contributed by atoms with E-state index in [9.17, 15) is 9.59 Å². The van der Waals surface area contributed by atoms with Gasteiger partial charge in [0, 0.05) is 25.2 Å². The molecule has 132 valence electrons. The van der Waals surface area contributed by atoms with E-state index in [1.165, 1.54) is 0 Å². The van der Waals surface area contributed by atoms with Crippen LogP contribution in [0.1, 0.15) is 23.5 Å². The highest BCUT2D eigenvalue weighted by atomic mass is 16.5. The Morgan fingerprint density at radius 3 is 2.84 bits per heavy atom. The van der Waals surface area contributed by atoms with Crippen LogP contribution in [0, 0.1) is 6.92 Å². The van der Waals surface area contributed by atoms with Crippen LogP contribution in [0.5, 0.6) is 5.75 Å². The third kappa shape index (κ3) is 4.59. The first-order chi connectivity index (χ1) is 12.0. The minimum Gasteiger partial charge on any atom is -0.484 e. The summed E-state index contributed by atoms with van der Waals surface area (Å²) in [5.74, 6) is 1.14. The standard InChI is InChI=1S/C18H22N4O3/c1-12-9-22-10-14(4-7-17(22)20-12)21-18(24)11-25-15-5-2-13(3-6-15)8-16(19)23/h2-3,5-6,9,14H,4,7-8,10-11H2,1H3,(H2,19,23)(H,21,24)/t14-/m0/s1. The predicted molar refractivity (Wildman–Crippen MR) is 92.1 cm³/mol. The Bertz CT molecular complexity index is 767. The number of fused-ring (bicyclic) bond motifs is 1. The van der Waals surface area contributed by atoms with Crippen molar-refractivity contribution in [1.82, 2.24) is 14.9 Å². The van der Waals surface area contributed by atoms with Gasteiger partial charge in [-0.15, -0.1) is 0 Å². The zero-order chi connectivity index (χ0) is 17.8. The van der Waals surface area contributed by atoms with Gasteiger partial charge in [-0.1, -0.05) is 12.1 Å². The molecule has 3 rings (SSSR count). The maximum Gasteiger partial charge on any atom is 0.258 e. The number of hydrogen-bond donors (Lipinski definition) is 2. The number of imidazole rings is 1. The molecule has 1 aliphatic rings. The molecule has 0 fully saturated rings. The summed E-state index contributed by atoms with van der Waals surface area (Å²) in [5, 5.41) is 3.00. The van der Waals surface area contributed by atoms with Gasteiger partial charge >= 0.3 is 0 Å². The zero-order valence-electron chi connectivity index (χ0n) is 14.2. The Hall–Kier alpha value is -2.83. The van der Waals surface area contributed by atoms with Crippen LogP contribution >= 0.6 is 0 Å². The highest BCUT2D eigenvalue weighted by Crippen LogP contribution is 2.15. The lowest BCUT2D eigenvalue weighted by molar-refractivity contribution is -0.124. The monoisotopic (exact) mass is 342 g/mol. The molecule has 7 nitrogen and oxygen atoms in total. The number of nitrogens with two attached hydrogens (primary N) is 1. The van der Waals surface area contributed by atoms with Gasteiger partial charge in [0.15, 0.2) is 6.61 Å². The molecule has 0 radical (unpaired) electrons. The average molecular weight is 342 g/mol. The van der Waals surface area contributed by atoms with E-state index in [2.05, 4.69) is 14.9 Å². The van der Waals surface area contributed by atoms with E-state index >= 15 is 0 Å². The topological polar surface area (TPSA) is 99.2 Å². The fourth-order valence-electron chi connectivity index (χ4n) is 3.03. The molecule has 0 aliphatic carbocycles. The molecule has 2 aromatic rings. The molecule has 1 aromatic carbocycles. The molecule has 0 unspecified atom stereocenters. The van der Waals surface area contributed by atoms with E-state index in [0.717, 1.165) is 36.5 Å². The number of hydrogen-bond acceptors (Lipinski definition) is 4. The second-order valence-corrected chi connectivity index (χ2v) is 6.33. The van der Waals surface area contributed by atoms with Crippen molar-refractivity contribution >= 4 is 11.8 Å². The summed E-state index contributed by atoms with van der Waals surface area (Å²) in [7, 11) is 0. The average Bonchev–Trinajstić information content (AvgIpc) is 2.93. The molecule has 0 saturated carbocycles. The Kier molecular flexibility index (Phi) is 5.02. The third-order valence-electron chi connectivity index (χ3n) is 4.15. The maximum atomic E-state index is 12.1. The van der Waals surface area contributed by atoms with Gasteiger partial charge in [-0.3, -0.25) is 9.59 Å². The van der Waals surface area contributed by atoms with E-state index in [1.807, 2.05) is 13.1 Å². The van der Waals surface area contributed by atoms with Crippen molar-refractivity contribution < 1.29 is 14.3 Å². The van der Waals surface area contributed by atoms with Crippen LogP contribution in [0.15, 0.2) is 30.5 Å². The summed E-state index contributed by atoms with van der Waals surface area (Å²) in [4.78, 5) is 27.4. The first-order valence-electron chi connectivity index (χ1n) is 8.31. The highest BCUT2D eigenvalue weighted by Gasteiger charge is 2.21. The van der Waals surface area contributed by atoms with Gasteiger partial charge in [-0.05, 0) is 31.0 Å². The molecular weight excluding hydrogens is 320 g/mol. The first-order valence-corrected chi connectivity index (χ1v) is 8.31. The zero-order valence-corrected chi connectivity index (χ0v) is 14.2. The molecule has 7 heteroatoms. The number of primary amides is 1. The SMILES string of the molecule is Cc1cn2c(n1)CC[C@H](NC(=O)COc1ccc(CC(N)=O)cc1)C2. The van der Waals surface area contributed by atoms with Gasteiger partial charge in [-0.2, -0.15) is 0 Å². The summed E-state index contributed by atoms with van der Waals surface area (Å²) < 4.78 is 7.59. The van der Waals surface area contributed by atoms with Gasteiger partial charge in [0.1, 0.15) is 11.6 Å². The van der Waals surface area contributed by atoms with E-state index in [-0.39, 0.29) is 30.9 Å². The number of nitrogens with zero attached hydrogens (tertiary/aromatic N) is 2. The lowest BCUT2D eigenvalue weighted by Crippen LogP contribution is -2.42. The van der Waals surface area contributed by atoms with E-state index < -0.39 is 0 Å². The number of carbonyl (C=O) groups excluding carboxylic acids is 2. The number of aromatic nitrogens is 2. The van der Waals surface area contributed by atoms with E-state index in [0.29, 0.717) is 5.75 Å². The normalized spacial score (nSPS) is 16.1. The van der Waals surface area contributed by atoms with Crippen molar-refractivity contribution in [1.29, 1.82) is 0 Å². The number of benzene rings is 1. The number of amides is 2. The summed E-state index contributed by atoms with van der Waals surface area (Å²) in [6, 6.07) is 7.08. The summed E-state index contributed by atoms with van der Waals surface area (Å²) in [6.45, 7) is 2.67. The predicted octanol–water partition coefficient (Wildman–Crippen LogP) is 0.729. The molecule has 1 atom stereocenters. The fourth-order valence-corrected chi connectivity index (χ4v) is 3.03. The summed E-state index contributed by atoms with van der Waals surface area (Å²) in [6.07, 6.45) is 3.95. The third-order valence-corrected chi connectivity index (χ3v) is 4.15. The van der Waals surface area contributed by atoms with Crippen LogP contribution in [0.2, 0.25) is 0 Å². The number of ether oxygens (including phenoxy) is 1. The van der Waals surface area contributed by atoms with Gasteiger partial charge in [0.05, 0.1) is 12.1 Å². The smallest absolute Gasteiger partial charge is 0.258 e. The molecule has 0 bridgehead atoms. The quantitative estimate of drug-likeness (QED) is 0.808. The van der Waals surface area contributed by atoms with Crippen molar-refractivity contribution in [3.63, 3.8) is 0 Å². The van der Waals surface area contributed by atoms with Crippen molar-refractivity contribution in [2.24, 2.45) is 5.73 Å². The Labute approximate surface area is 146 Å². The number of aryl methyl sites for hydroxylation is 2. The first kappa shape index (κ1) is 17.0. The van der Waals surface area contributed by atoms with Crippen molar-refractivity contribution in [3.05, 3.63) is 47.5 Å². The summed E-state index contributed by atoms with van der Waals surface area (Å²) in [5.41, 5.74) is 6.97. The Balaban J connectivity index is 1.46. The van der Waals surface area contributed by atoms with Crippen LogP contribution in [0.4, 0.5) is 0 Å². The second-order valence-electron chi connectivity index (χ2n) is 6.33.